The van der Waals surface area contributed by atoms with Gasteiger partial charge in [0.1, 0.15) is 18.9 Å². The Bertz CT molecular complexity index is 575. The quantitative estimate of drug-likeness (QED) is 0.356. The van der Waals surface area contributed by atoms with Crippen LogP contribution in [0, 0.1) is 0 Å². The van der Waals surface area contributed by atoms with E-state index in [0.717, 1.165) is 51.0 Å². The van der Waals surface area contributed by atoms with E-state index in [2.05, 4.69) is 20.1 Å². The zero-order valence-corrected chi connectivity index (χ0v) is 18.9. The summed E-state index contributed by atoms with van der Waals surface area (Å²) < 4.78 is 5.78. The molecule has 1 fully saturated rings. The van der Waals surface area contributed by atoms with E-state index in [1.807, 2.05) is 37.3 Å². The SMILES string of the molecule is CCNC(=NCC(=O)N(C)C)N1CCN(CCOc2ccccc2)CC1.I. The van der Waals surface area contributed by atoms with E-state index < -0.39 is 0 Å². The number of likely N-dealkylation sites (N-methyl/N-ethyl adjacent to an activating group) is 1. The Morgan fingerprint density at radius 1 is 1.19 bits per heavy atom. The van der Waals surface area contributed by atoms with Crippen LogP contribution in [0.4, 0.5) is 0 Å². The first-order valence-corrected chi connectivity index (χ1v) is 9.23. The Morgan fingerprint density at radius 3 is 2.44 bits per heavy atom. The third kappa shape index (κ3) is 8.34. The normalized spacial score (nSPS) is 15.1. The molecule has 1 aliphatic rings. The minimum Gasteiger partial charge on any atom is -0.492 e. The van der Waals surface area contributed by atoms with Crippen molar-refractivity contribution in [1.29, 1.82) is 0 Å². The fraction of sp³-hybridized carbons (Fsp3) is 0.579. The number of nitrogens with one attached hydrogen (secondary N) is 1. The summed E-state index contributed by atoms with van der Waals surface area (Å²) in [6.45, 7) is 8.33. The molecule has 0 atom stereocenters. The molecular formula is C19H32IN5O2. The number of rotatable bonds is 7. The largest absolute Gasteiger partial charge is 0.492 e. The molecule has 8 heteroatoms. The van der Waals surface area contributed by atoms with E-state index in [4.69, 9.17) is 4.74 Å². The second-order valence-corrected chi connectivity index (χ2v) is 6.45. The van der Waals surface area contributed by atoms with Gasteiger partial charge in [0.15, 0.2) is 5.96 Å². The van der Waals surface area contributed by atoms with Gasteiger partial charge < -0.3 is 19.9 Å². The molecule has 0 spiro atoms. The molecule has 1 saturated heterocycles. The molecule has 1 heterocycles. The molecule has 0 aromatic heterocycles. The van der Waals surface area contributed by atoms with Crippen molar-refractivity contribution >= 4 is 35.8 Å². The molecule has 1 aromatic carbocycles. The second kappa shape index (κ2) is 12.8. The maximum absolute atomic E-state index is 11.8. The van der Waals surface area contributed by atoms with E-state index in [9.17, 15) is 4.79 Å². The number of ether oxygens (including phenoxy) is 1. The number of guanidine groups is 1. The van der Waals surface area contributed by atoms with Crippen molar-refractivity contribution in [2.45, 2.75) is 6.92 Å². The maximum atomic E-state index is 11.8. The summed E-state index contributed by atoms with van der Waals surface area (Å²) >= 11 is 0. The Balaban J connectivity index is 0.00000364. The smallest absolute Gasteiger partial charge is 0.243 e. The molecule has 2 rings (SSSR count). The topological polar surface area (TPSA) is 60.4 Å². The van der Waals surface area contributed by atoms with Crippen LogP contribution in [0.25, 0.3) is 0 Å². The highest BCUT2D eigenvalue weighted by Crippen LogP contribution is 2.08. The van der Waals surface area contributed by atoms with Crippen LogP contribution in [-0.2, 0) is 4.79 Å². The van der Waals surface area contributed by atoms with Gasteiger partial charge in [-0.1, -0.05) is 18.2 Å². The number of hydrogen-bond donors (Lipinski definition) is 1. The van der Waals surface area contributed by atoms with Crippen molar-refractivity contribution in [3.63, 3.8) is 0 Å². The van der Waals surface area contributed by atoms with E-state index in [1.54, 1.807) is 19.0 Å². The third-order valence-corrected chi connectivity index (χ3v) is 4.29. The summed E-state index contributed by atoms with van der Waals surface area (Å²) in [5.74, 6) is 1.75. The van der Waals surface area contributed by atoms with Crippen molar-refractivity contribution in [2.24, 2.45) is 4.99 Å². The number of hydrogen-bond acceptors (Lipinski definition) is 4. The zero-order valence-electron chi connectivity index (χ0n) is 16.6. The lowest BCUT2D eigenvalue weighted by Crippen LogP contribution is -2.53. The van der Waals surface area contributed by atoms with Gasteiger partial charge in [0.25, 0.3) is 0 Å². The molecule has 1 N–H and O–H groups in total. The minimum absolute atomic E-state index is 0. The Hall–Kier alpha value is -1.55. The van der Waals surface area contributed by atoms with Gasteiger partial charge in [-0.3, -0.25) is 9.69 Å². The van der Waals surface area contributed by atoms with Gasteiger partial charge in [-0.2, -0.15) is 0 Å². The Kier molecular flexibility index (Phi) is 11.1. The summed E-state index contributed by atoms with van der Waals surface area (Å²) in [5.41, 5.74) is 0. The number of para-hydroxylation sites is 1. The molecule has 152 valence electrons. The fourth-order valence-electron chi connectivity index (χ4n) is 2.70. The summed E-state index contributed by atoms with van der Waals surface area (Å²) in [5, 5.41) is 3.29. The second-order valence-electron chi connectivity index (χ2n) is 6.45. The average molecular weight is 489 g/mol. The van der Waals surface area contributed by atoms with Gasteiger partial charge in [0.05, 0.1) is 0 Å². The van der Waals surface area contributed by atoms with Crippen LogP contribution >= 0.6 is 24.0 Å². The molecule has 1 aromatic rings. The van der Waals surface area contributed by atoms with Gasteiger partial charge >= 0.3 is 0 Å². The summed E-state index contributed by atoms with van der Waals surface area (Å²) in [6, 6.07) is 9.91. The lowest BCUT2D eigenvalue weighted by Gasteiger charge is -2.36. The van der Waals surface area contributed by atoms with E-state index >= 15 is 0 Å². The van der Waals surface area contributed by atoms with Crippen LogP contribution in [-0.4, -0.2) is 93.1 Å². The molecular weight excluding hydrogens is 457 g/mol. The molecule has 0 bridgehead atoms. The number of aliphatic imine (C=N–C) groups is 1. The number of carbonyl (C=O) groups excluding carboxylic acids is 1. The van der Waals surface area contributed by atoms with Crippen molar-refractivity contribution in [3.8, 4) is 5.75 Å². The van der Waals surface area contributed by atoms with E-state index in [-0.39, 0.29) is 36.4 Å². The van der Waals surface area contributed by atoms with Crippen LogP contribution in [0.5, 0.6) is 5.75 Å². The molecule has 1 aliphatic heterocycles. The highest BCUT2D eigenvalue weighted by Gasteiger charge is 2.19. The van der Waals surface area contributed by atoms with Crippen molar-refractivity contribution < 1.29 is 9.53 Å². The van der Waals surface area contributed by atoms with Crippen molar-refractivity contribution in [2.75, 3.05) is 66.5 Å². The summed E-state index contributed by atoms with van der Waals surface area (Å²) in [7, 11) is 3.50. The number of amides is 1. The van der Waals surface area contributed by atoms with Crippen LogP contribution in [0.3, 0.4) is 0 Å². The molecule has 0 aliphatic carbocycles. The van der Waals surface area contributed by atoms with Gasteiger partial charge in [0.2, 0.25) is 5.91 Å². The lowest BCUT2D eigenvalue weighted by atomic mass is 10.3. The predicted octanol–water partition coefficient (Wildman–Crippen LogP) is 1.35. The minimum atomic E-state index is 0. The fourth-order valence-corrected chi connectivity index (χ4v) is 2.70. The Labute approximate surface area is 179 Å². The van der Waals surface area contributed by atoms with Gasteiger partial charge in [-0.15, -0.1) is 24.0 Å². The highest BCUT2D eigenvalue weighted by molar-refractivity contribution is 14.0. The van der Waals surface area contributed by atoms with Crippen LogP contribution in [0.2, 0.25) is 0 Å². The van der Waals surface area contributed by atoms with Gasteiger partial charge in [-0.05, 0) is 19.1 Å². The highest BCUT2D eigenvalue weighted by atomic mass is 127. The molecule has 27 heavy (non-hydrogen) atoms. The molecule has 1 amide bonds. The maximum Gasteiger partial charge on any atom is 0.243 e. The molecule has 7 nitrogen and oxygen atoms in total. The number of halogens is 1. The van der Waals surface area contributed by atoms with Gasteiger partial charge in [0, 0.05) is 53.4 Å². The van der Waals surface area contributed by atoms with Crippen molar-refractivity contribution in [1.82, 2.24) is 20.0 Å². The zero-order chi connectivity index (χ0) is 18.8. The van der Waals surface area contributed by atoms with E-state index in [1.165, 1.54) is 0 Å². The third-order valence-electron chi connectivity index (χ3n) is 4.29. The Morgan fingerprint density at radius 2 is 1.85 bits per heavy atom. The number of piperazine rings is 1. The number of carbonyl (C=O) groups is 1. The molecule has 0 unspecified atom stereocenters. The molecule has 0 saturated carbocycles. The summed E-state index contributed by atoms with van der Waals surface area (Å²) in [6.07, 6.45) is 0. The molecule has 0 radical (unpaired) electrons. The predicted molar refractivity (Wildman–Crippen MR) is 120 cm³/mol. The first kappa shape index (κ1) is 23.5. The number of nitrogens with zero attached hydrogens (tertiary/aromatic N) is 4. The van der Waals surface area contributed by atoms with Crippen LogP contribution in [0.15, 0.2) is 35.3 Å². The summed E-state index contributed by atoms with van der Waals surface area (Å²) in [4.78, 5) is 22.4. The van der Waals surface area contributed by atoms with Gasteiger partial charge in [-0.25, -0.2) is 4.99 Å². The van der Waals surface area contributed by atoms with Crippen molar-refractivity contribution in [3.05, 3.63) is 30.3 Å². The standard InChI is InChI=1S/C19H31N5O2.HI/c1-4-20-19(21-16-18(25)22(2)3)24-12-10-23(11-13-24)14-15-26-17-8-6-5-7-9-17;/h5-9H,4,10-16H2,1-3H3,(H,20,21);1H. The monoisotopic (exact) mass is 489 g/mol. The van der Waals surface area contributed by atoms with Crippen LogP contribution < -0.4 is 10.1 Å². The number of benzene rings is 1. The van der Waals surface area contributed by atoms with Crippen LogP contribution in [0.1, 0.15) is 6.92 Å². The first-order valence-electron chi connectivity index (χ1n) is 9.23. The first-order chi connectivity index (χ1) is 12.6. The average Bonchev–Trinajstić information content (AvgIpc) is 2.66. The van der Waals surface area contributed by atoms with E-state index in [0.29, 0.717) is 6.61 Å². The lowest BCUT2D eigenvalue weighted by molar-refractivity contribution is -0.127.